The van der Waals surface area contributed by atoms with Crippen molar-refractivity contribution in [1.29, 1.82) is 0 Å². The van der Waals surface area contributed by atoms with E-state index in [9.17, 15) is 9.90 Å². The van der Waals surface area contributed by atoms with Crippen LogP contribution in [0.5, 0.6) is 0 Å². The van der Waals surface area contributed by atoms with Crippen LogP contribution in [-0.2, 0) is 11.3 Å². The van der Waals surface area contributed by atoms with Gasteiger partial charge in [0.15, 0.2) is 0 Å². The summed E-state index contributed by atoms with van der Waals surface area (Å²) in [5, 5.41) is 20.0. The van der Waals surface area contributed by atoms with Crippen LogP contribution in [0.25, 0.3) is 0 Å². The summed E-state index contributed by atoms with van der Waals surface area (Å²) in [6.45, 7) is 0.200. The van der Waals surface area contributed by atoms with Crippen molar-refractivity contribution in [3.05, 3.63) is 48.5 Å². The molecule has 1 saturated carbocycles. The average molecular weight is 286 g/mol. The van der Waals surface area contributed by atoms with Gasteiger partial charge in [-0.2, -0.15) is 0 Å². The molecule has 1 aliphatic rings. The van der Waals surface area contributed by atoms with Crippen molar-refractivity contribution >= 4 is 5.91 Å². The zero-order valence-corrected chi connectivity index (χ0v) is 11.6. The molecule has 0 spiro atoms. The molecule has 1 aliphatic carbocycles. The van der Waals surface area contributed by atoms with Crippen LogP contribution < -0.4 is 5.32 Å². The van der Waals surface area contributed by atoms with Crippen LogP contribution >= 0.6 is 0 Å². The molecule has 6 heteroatoms. The Morgan fingerprint density at radius 2 is 1.95 bits per heavy atom. The van der Waals surface area contributed by atoms with Crippen LogP contribution in [0.2, 0.25) is 0 Å². The van der Waals surface area contributed by atoms with Crippen LogP contribution in [0.4, 0.5) is 0 Å². The van der Waals surface area contributed by atoms with E-state index in [2.05, 4.69) is 15.5 Å². The van der Waals surface area contributed by atoms with Gasteiger partial charge in [0.1, 0.15) is 19.2 Å². The Morgan fingerprint density at radius 3 is 2.57 bits per heavy atom. The molecule has 6 nitrogen and oxygen atoms in total. The molecule has 2 aromatic rings. The Bertz CT molecular complexity index is 579. The van der Waals surface area contributed by atoms with Crippen molar-refractivity contribution in [2.24, 2.45) is 5.92 Å². The molecule has 0 saturated heterocycles. The first-order valence-corrected chi connectivity index (χ1v) is 7.07. The SMILES string of the molecule is O=C(Cn1cnnc1)N[C@H](c1ccccc1)C1CC(O)C1. The van der Waals surface area contributed by atoms with Gasteiger partial charge >= 0.3 is 0 Å². The van der Waals surface area contributed by atoms with Crippen molar-refractivity contribution in [3.63, 3.8) is 0 Å². The summed E-state index contributed by atoms with van der Waals surface area (Å²) in [5.74, 6) is 0.206. The largest absolute Gasteiger partial charge is 0.393 e. The second-order valence-corrected chi connectivity index (χ2v) is 5.48. The molecule has 21 heavy (non-hydrogen) atoms. The maximum atomic E-state index is 12.2. The molecule has 110 valence electrons. The van der Waals surface area contributed by atoms with Crippen LogP contribution in [0.15, 0.2) is 43.0 Å². The van der Waals surface area contributed by atoms with Gasteiger partial charge in [0, 0.05) is 0 Å². The quantitative estimate of drug-likeness (QED) is 0.856. The average Bonchev–Trinajstić information content (AvgIpc) is 2.95. The Kier molecular flexibility index (Phi) is 3.96. The number of amides is 1. The van der Waals surface area contributed by atoms with Crippen LogP contribution in [0.1, 0.15) is 24.4 Å². The van der Waals surface area contributed by atoms with E-state index in [1.807, 2.05) is 30.3 Å². The van der Waals surface area contributed by atoms with Crippen molar-refractivity contribution in [1.82, 2.24) is 20.1 Å². The maximum absolute atomic E-state index is 12.2. The molecular weight excluding hydrogens is 268 g/mol. The standard InChI is InChI=1S/C15H18N4O2/c20-13-6-12(7-13)15(11-4-2-1-3-5-11)18-14(21)8-19-9-16-17-10-19/h1-5,9-10,12-13,15,20H,6-8H2,(H,18,21)/t12?,13?,15-/m1/s1. The highest BCUT2D eigenvalue weighted by atomic mass is 16.3. The van der Waals surface area contributed by atoms with Gasteiger partial charge in [0.25, 0.3) is 0 Å². The van der Waals surface area contributed by atoms with E-state index in [-0.39, 0.29) is 30.5 Å². The van der Waals surface area contributed by atoms with Gasteiger partial charge in [-0.1, -0.05) is 30.3 Å². The lowest BCUT2D eigenvalue weighted by Crippen LogP contribution is -2.42. The molecule has 0 bridgehead atoms. The third-order valence-electron chi connectivity index (χ3n) is 3.89. The fourth-order valence-corrected chi connectivity index (χ4v) is 2.72. The lowest BCUT2D eigenvalue weighted by Gasteiger charge is -2.38. The molecular formula is C15H18N4O2. The lowest BCUT2D eigenvalue weighted by atomic mass is 9.75. The summed E-state index contributed by atoms with van der Waals surface area (Å²) in [4.78, 5) is 12.2. The summed E-state index contributed by atoms with van der Waals surface area (Å²) in [7, 11) is 0. The highest BCUT2D eigenvalue weighted by molar-refractivity contribution is 5.76. The number of aliphatic hydroxyl groups is 1. The highest BCUT2D eigenvalue weighted by Gasteiger charge is 2.35. The smallest absolute Gasteiger partial charge is 0.240 e. The topological polar surface area (TPSA) is 80.0 Å². The molecule has 1 aromatic heterocycles. The predicted octanol–water partition coefficient (Wildman–Crippen LogP) is 0.906. The number of aliphatic hydroxyl groups excluding tert-OH is 1. The van der Waals surface area contributed by atoms with E-state index >= 15 is 0 Å². The van der Waals surface area contributed by atoms with E-state index in [1.165, 1.54) is 12.7 Å². The Labute approximate surface area is 122 Å². The zero-order chi connectivity index (χ0) is 14.7. The second-order valence-electron chi connectivity index (χ2n) is 5.48. The molecule has 1 atom stereocenters. The third-order valence-corrected chi connectivity index (χ3v) is 3.89. The Morgan fingerprint density at radius 1 is 1.29 bits per heavy atom. The van der Waals surface area contributed by atoms with Crippen molar-refractivity contribution in [2.75, 3.05) is 0 Å². The van der Waals surface area contributed by atoms with Crippen LogP contribution in [0, 0.1) is 5.92 Å². The molecule has 1 amide bonds. The van der Waals surface area contributed by atoms with E-state index in [0.717, 1.165) is 18.4 Å². The van der Waals surface area contributed by atoms with Gasteiger partial charge in [-0.3, -0.25) is 4.79 Å². The van der Waals surface area contributed by atoms with E-state index < -0.39 is 0 Å². The molecule has 1 aromatic carbocycles. The number of benzene rings is 1. The molecule has 3 rings (SSSR count). The molecule has 0 aliphatic heterocycles. The van der Waals surface area contributed by atoms with Crippen molar-refractivity contribution in [2.45, 2.75) is 31.5 Å². The third kappa shape index (κ3) is 3.28. The fraction of sp³-hybridized carbons (Fsp3) is 0.400. The molecule has 2 N–H and O–H groups in total. The van der Waals surface area contributed by atoms with Gasteiger partial charge in [-0.15, -0.1) is 10.2 Å². The first-order valence-electron chi connectivity index (χ1n) is 7.07. The normalized spacial score (nSPS) is 22.3. The van der Waals surface area contributed by atoms with Gasteiger partial charge in [-0.05, 0) is 24.3 Å². The second kappa shape index (κ2) is 6.05. The minimum Gasteiger partial charge on any atom is -0.393 e. The summed E-state index contributed by atoms with van der Waals surface area (Å²) < 4.78 is 1.63. The van der Waals surface area contributed by atoms with Crippen molar-refractivity contribution in [3.8, 4) is 0 Å². The number of rotatable bonds is 5. The number of aromatic nitrogens is 3. The zero-order valence-electron chi connectivity index (χ0n) is 11.6. The molecule has 0 radical (unpaired) electrons. The number of nitrogens with zero attached hydrogens (tertiary/aromatic N) is 3. The predicted molar refractivity (Wildman–Crippen MR) is 76.1 cm³/mol. The number of nitrogens with one attached hydrogen (secondary N) is 1. The van der Waals surface area contributed by atoms with Crippen LogP contribution in [0.3, 0.4) is 0 Å². The Hall–Kier alpha value is -2.21. The lowest BCUT2D eigenvalue weighted by molar-refractivity contribution is -0.123. The summed E-state index contributed by atoms with van der Waals surface area (Å²) in [5.41, 5.74) is 1.08. The minimum atomic E-state index is -0.240. The summed E-state index contributed by atoms with van der Waals surface area (Å²) in [6, 6.07) is 9.84. The maximum Gasteiger partial charge on any atom is 0.240 e. The minimum absolute atomic E-state index is 0.0569. The van der Waals surface area contributed by atoms with Gasteiger partial charge in [0.05, 0.1) is 12.1 Å². The van der Waals surface area contributed by atoms with Crippen LogP contribution in [-0.4, -0.2) is 31.9 Å². The van der Waals surface area contributed by atoms with Gasteiger partial charge in [0.2, 0.25) is 5.91 Å². The molecule has 1 fully saturated rings. The van der Waals surface area contributed by atoms with Gasteiger partial charge in [-0.25, -0.2) is 0 Å². The van der Waals surface area contributed by atoms with Gasteiger partial charge < -0.3 is 15.0 Å². The summed E-state index contributed by atoms with van der Waals surface area (Å²) >= 11 is 0. The number of carbonyl (C=O) groups excluding carboxylic acids is 1. The van der Waals surface area contributed by atoms with E-state index in [1.54, 1.807) is 4.57 Å². The number of carbonyl (C=O) groups is 1. The molecule has 1 heterocycles. The summed E-state index contributed by atoms with van der Waals surface area (Å²) in [6.07, 6.45) is 4.25. The first kappa shape index (κ1) is 13.8. The number of hydrogen-bond acceptors (Lipinski definition) is 4. The van der Waals surface area contributed by atoms with E-state index in [0.29, 0.717) is 0 Å². The highest BCUT2D eigenvalue weighted by Crippen LogP contribution is 2.37. The molecule has 0 unspecified atom stereocenters. The van der Waals surface area contributed by atoms with E-state index in [4.69, 9.17) is 0 Å². The first-order chi connectivity index (χ1) is 10.2. The fourth-order valence-electron chi connectivity index (χ4n) is 2.72. The number of hydrogen-bond donors (Lipinski definition) is 2. The monoisotopic (exact) mass is 286 g/mol. The van der Waals surface area contributed by atoms with Crippen molar-refractivity contribution < 1.29 is 9.90 Å². The Balaban J connectivity index is 1.69.